The third kappa shape index (κ3) is 4.57. The summed E-state index contributed by atoms with van der Waals surface area (Å²) in [6.07, 6.45) is 1.34. The van der Waals surface area contributed by atoms with Gasteiger partial charge in [0.15, 0.2) is 9.84 Å². The molecule has 1 heterocycles. The van der Waals surface area contributed by atoms with E-state index in [1.165, 1.54) is 0 Å². The van der Waals surface area contributed by atoms with Gasteiger partial charge in [-0.05, 0) is 18.8 Å². The molecule has 0 aliphatic carbocycles. The monoisotopic (exact) mass is 276 g/mol. The van der Waals surface area contributed by atoms with Crippen molar-refractivity contribution in [3.63, 3.8) is 0 Å². The van der Waals surface area contributed by atoms with Crippen LogP contribution < -0.4 is 5.32 Å². The molecule has 0 spiro atoms. The van der Waals surface area contributed by atoms with Crippen LogP contribution >= 0.6 is 0 Å². The largest absolute Gasteiger partial charge is 0.347 e. The molecule has 0 aromatic rings. The third-order valence-corrected chi connectivity index (χ3v) is 4.88. The molecule has 1 N–H and O–H groups in total. The maximum Gasteiger partial charge on any atom is 0.239 e. The van der Waals surface area contributed by atoms with E-state index >= 15 is 0 Å². The Morgan fingerprint density at radius 2 is 2.00 bits per heavy atom. The van der Waals surface area contributed by atoms with E-state index in [4.69, 9.17) is 0 Å². The molecule has 0 radical (unpaired) electrons. The van der Waals surface area contributed by atoms with Crippen molar-refractivity contribution in [1.29, 1.82) is 0 Å². The Labute approximate surface area is 110 Å². The first-order valence-corrected chi connectivity index (χ1v) is 8.21. The summed E-state index contributed by atoms with van der Waals surface area (Å²) in [5, 5.41) is 3.21. The summed E-state index contributed by atoms with van der Waals surface area (Å²) >= 11 is 0. The van der Waals surface area contributed by atoms with Crippen molar-refractivity contribution >= 4 is 15.7 Å². The van der Waals surface area contributed by atoms with Crippen molar-refractivity contribution < 1.29 is 13.2 Å². The minimum Gasteiger partial charge on any atom is -0.347 e. The van der Waals surface area contributed by atoms with Crippen molar-refractivity contribution in [2.75, 3.05) is 25.6 Å². The molecule has 18 heavy (non-hydrogen) atoms. The number of nitrogens with one attached hydrogen (secondary N) is 1. The smallest absolute Gasteiger partial charge is 0.239 e. The van der Waals surface area contributed by atoms with Gasteiger partial charge in [-0.25, -0.2) is 8.42 Å². The number of hydrogen-bond acceptors (Lipinski definition) is 4. The van der Waals surface area contributed by atoms with Gasteiger partial charge in [-0.1, -0.05) is 13.8 Å². The van der Waals surface area contributed by atoms with E-state index in [1.807, 2.05) is 0 Å². The van der Waals surface area contributed by atoms with Gasteiger partial charge in [-0.15, -0.1) is 0 Å². The van der Waals surface area contributed by atoms with Gasteiger partial charge in [-0.3, -0.25) is 4.79 Å². The fourth-order valence-corrected chi connectivity index (χ4v) is 3.92. The van der Waals surface area contributed by atoms with Crippen LogP contribution in [0.15, 0.2) is 0 Å². The molecule has 0 bridgehead atoms. The SMILES string of the molecule is CC(C)CC(NC1CCS(=O)(=O)C1)C(=O)N(C)C. The maximum atomic E-state index is 12.0. The Morgan fingerprint density at radius 3 is 2.39 bits per heavy atom. The fraction of sp³-hybridized carbons (Fsp3) is 0.917. The van der Waals surface area contributed by atoms with Crippen molar-refractivity contribution in [2.45, 2.75) is 38.8 Å². The molecule has 6 heteroatoms. The fourth-order valence-electron chi connectivity index (χ4n) is 2.23. The van der Waals surface area contributed by atoms with Gasteiger partial charge in [0.2, 0.25) is 5.91 Å². The van der Waals surface area contributed by atoms with E-state index in [-0.39, 0.29) is 29.5 Å². The van der Waals surface area contributed by atoms with E-state index in [1.54, 1.807) is 19.0 Å². The summed E-state index contributed by atoms with van der Waals surface area (Å²) in [4.78, 5) is 13.6. The number of carbonyl (C=O) groups excluding carboxylic acids is 1. The molecule has 2 atom stereocenters. The lowest BCUT2D eigenvalue weighted by Gasteiger charge is -2.25. The average molecular weight is 276 g/mol. The van der Waals surface area contributed by atoms with Crippen LogP contribution in [0, 0.1) is 5.92 Å². The molecule has 1 aliphatic heterocycles. The second kappa shape index (κ2) is 6.02. The summed E-state index contributed by atoms with van der Waals surface area (Å²) < 4.78 is 22.8. The molecule has 1 rings (SSSR count). The molecule has 5 nitrogen and oxygen atoms in total. The van der Waals surface area contributed by atoms with Crippen LogP contribution in [0.25, 0.3) is 0 Å². The van der Waals surface area contributed by atoms with E-state index in [9.17, 15) is 13.2 Å². The first-order chi connectivity index (χ1) is 8.21. The number of carbonyl (C=O) groups is 1. The second-order valence-corrected chi connectivity index (χ2v) is 7.91. The highest BCUT2D eigenvalue weighted by atomic mass is 32.2. The molecule has 1 amide bonds. The summed E-state index contributed by atoms with van der Waals surface area (Å²) in [5.74, 6) is 0.801. The van der Waals surface area contributed by atoms with Crippen molar-refractivity contribution in [2.24, 2.45) is 5.92 Å². The molecule has 0 aromatic carbocycles. The van der Waals surface area contributed by atoms with Crippen LogP contribution in [0.5, 0.6) is 0 Å². The predicted molar refractivity (Wildman–Crippen MR) is 72.1 cm³/mol. The first-order valence-electron chi connectivity index (χ1n) is 6.39. The zero-order chi connectivity index (χ0) is 13.9. The van der Waals surface area contributed by atoms with Gasteiger partial charge in [0, 0.05) is 20.1 Å². The topological polar surface area (TPSA) is 66.5 Å². The minimum absolute atomic E-state index is 0.0213. The lowest BCUT2D eigenvalue weighted by Crippen LogP contribution is -2.49. The molecule has 1 saturated heterocycles. The molecule has 1 fully saturated rings. The molecule has 1 aliphatic rings. The summed E-state index contributed by atoms with van der Waals surface area (Å²) in [6.45, 7) is 4.12. The highest BCUT2D eigenvalue weighted by molar-refractivity contribution is 7.91. The number of nitrogens with zero attached hydrogens (tertiary/aromatic N) is 1. The zero-order valence-corrected chi connectivity index (χ0v) is 12.5. The molecular formula is C12H24N2O3S. The summed E-state index contributed by atoms with van der Waals surface area (Å²) in [5.41, 5.74) is 0. The molecular weight excluding hydrogens is 252 g/mol. The first kappa shape index (κ1) is 15.4. The van der Waals surface area contributed by atoms with E-state index < -0.39 is 9.84 Å². The number of sulfone groups is 1. The standard InChI is InChI=1S/C12H24N2O3S/c1-9(2)7-11(12(15)14(3)4)13-10-5-6-18(16,17)8-10/h9-11,13H,5-8H2,1-4H3. The quantitative estimate of drug-likeness (QED) is 0.782. The highest BCUT2D eigenvalue weighted by Crippen LogP contribution is 2.15. The normalized spacial score (nSPS) is 24.2. The molecule has 2 unspecified atom stereocenters. The van der Waals surface area contributed by atoms with Gasteiger partial charge in [0.1, 0.15) is 0 Å². The Kier molecular flexibility index (Phi) is 5.16. The van der Waals surface area contributed by atoms with Crippen LogP contribution in [0.3, 0.4) is 0 Å². The van der Waals surface area contributed by atoms with E-state index in [0.717, 1.165) is 6.42 Å². The third-order valence-electron chi connectivity index (χ3n) is 3.12. The molecule has 106 valence electrons. The number of likely N-dealkylation sites (N-methyl/N-ethyl adjacent to an activating group) is 1. The van der Waals surface area contributed by atoms with Crippen molar-refractivity contribution in [1.82, 2.24) is 10.2 Å². The van der Waals surface area contributed by atoms with Crippen LogP contribution in [-0.2, 0) is 14.6 Å². The van der Waals surface area contributed by atoms with Crippen LogP contribution in [0.1, 0.15) is 26.7 Å². The number of rotatable bonds is 5. The Hall–Kier alpha value is -0.620. The van der Waals surface area contributed by atoms with Gasteiger partial charge >= 0.3 is 0 Å². The minimum atomic E-state index is -2.90. The van der Waals surface area contributed by atoms with Crippen LogP contribution in [0.4, 0.5) is 0 Å². The predicted octanol–water partition coefficient (Wildman–Crippen LogP) is 0.266. The van der Waals surface area contributed by atoms with Gasteiger partial charge in [0.05, 0.1) is 17.5 Å². The molecule has 0 aromatic heterocycles. The second-order valence-electron chi connectivity index (χ2n) is 5.68. The number of hydrogen-bond donors (Lipinski definition) is 1. The lowest BCUT2D eigenvalue weighted by molar-refractivity contribution is -0.131. The number of amides is 1. The maximum absolute atomic E-state index is 12.0. The Morgan fingerprint density at radius 1 is 1.39 bits per heavy atom. The van der Waals surface area contributed by atoms with Crippen LogP contribution in [-0.4, -0.2) is 56.9 Å². The van der Waals surface area contributed by atoms with Gasteiger partial charge in [0.25, 0.3) is 0 Å². The van der Waals surface area contributed by atoms with Crippen molar-refractivity contribution in [3.05, 3.63) is 0 Å². The highest BCUT2D eigenvalue weighted by Gasteiger charge is 2.31. The summed E-state index contributed by atoms with van der Waals surface area (Å²) in [6, 6.07) is -0.360. The van der Waals surface area contributed by atoms with Crippen molar-refractivity contribution in [3.8, 4) is 0 Å². The van der Waals surface area contributed by atoms with E-state index in [0.29, 0.717) is 12.3 Å². The van der Waals surface area contributed by atoms with Crippen LogP contribution in [0.2, 0.25) is 0 Å². The zero-order valence-electron chi connectivity index (χ0n) is 11.6. The summed E-state index contributed by atoms with van der Waals surface area (Å²) in [7, 11) is 0.547. The van der Waals surface area contributed by atoms with E-state index in [2.05, 4.69) is 19.2 Å². The Balaban J connectivity index is 2.65. The van der Waals surface area contributed by atoms with Gasteiger partial charge in [-0.2, -0.15) is 0 Å². The molecule has 0 saturated carbocycles. The Bertz CT molecular complexity index is 390. The lowest BCUT2D eigenvalue weighted by atomic mass is 10.0. The average Bonchev–Trinajstić information content (AvgIpc) is 2.55. The van der Waals surface area contributed by atoms with Gasteiger partial charge < -0.3 is 10.2 Å².